The number of nitrogens with zero attached hydrogens (tertiary/aromatic N) is 2. The lowest BCUT2D eigenvalue weighted by Crippen LogP contribution is -2.13. The molecule has 0 radical (unpaired) electrons. The Morgan fingerprint density at radius 2 is 1.61 bits per heavy atom. The highest BCUT2D eigenvalue weighted by Gasteiger charge is 2.33. The fourth-order valence-electron chi connectivity index (χ4n) is 2.45. The molecule has 0 aliphatic rings. The van der Waals surface area contributed by atoms with Gasteiger partial charge in [-0.25, -0.2) is 4.79 Å². The number of carbonyl (C=O) groups is 1. The minimum atomic E-state index is -1.05. The van der Waals surface area contributed by atoms with Crippen LogP contribution in [0.4, 0.5) is 5.69 Å². The Morgan fingerprint density at radius 1 is 0.964 bits per heavy atom. The maximum absolute atomic E-state index is 12.7. The molecule has 2 aromatic rings. The largest absolute Gasteiger partial charge is 0.493 e. The zero-order valence-electron chi connectivity index (χ0n) is 15.5. The van der Waals surface area contributed by atoms with Gasteiger partial charge in [0.1, 0.15) is 5.56 Å². The van der Waals surface area contributed by atoms with Crippen molar-refractivity contribution in [3.63, 3.8) is 0 Å². The van der Waals surface area contributed by atoms with E-state index in [1.54, 1.807) is 0 Å². The zero-order valence-corrected chi connectivity index (χ0v) is 15.5. The molecule has 0 heterocycles. The van der Waals surface area contributed by atoms with E-state index in [9.17, 15) is 14.9 Å². The average Bonchev–Trinajstić information content (AvgIpc) is 2.71. The Balaban J connectivity index is 2.60. The monoisotopic (exact) mass is 388 g/mol. The van der Waals surface area contributed by atoms with E-state index in [-0.39, 0.29) is 34.3 Å². The maximum atomic E-state index is 12.7. The van der Waals surface area contributed by atoms with Crippen LogP contribution in [0.2, 0.25) is 0 Å². The van der Waals surface area contributed by atoms with Crippen LogP contribution in [-0.2, 0) is 0 Å². The van der Waals surface area contributed by atoms with Crippen LogP contribution in [0.15, 0.2) is 24.3 Å². The normalized spacial score (nSPS) is 9.82. The molecule has 146 valence electrons. The molecule has 0 amide bonds. The molecule has 0 unspecified atom stereocenters. The molecule has 0 fully saturated rings. The van der Waals surface area contributed by atoms with E-state index in [4.69, 9.17) is 28.9 Å². The van der Waals surface area contributed by atoms with E-state index in [1.807, 2.05) is 6.07 Å². The summed E-state index contributed by atoms with van der Waals surface area (Å²) < 4.78 is 25.7. The van der Waals surface area contributed by atoms with Gasteiger partial charge in [-0.05, 0) is 12.1 Å². The minimum Gasteiger partial charge on any atom is -0.493 e. The highest BCUT2D eigenvalue weighted by Crippen LogP contribution is 2.46. The van der Waals surface area contributed by atoms with Crippen LogP contribution in [0, 0.1) is 21.4 Å². The molecule has 0 bridgehead atoms. The Kier molecular flexibility index (Phi) is 6.23. The SMILES string of the molecule is COc1cc(C#N)ccc1OC(=O)c1cc(OC)c(OC)c(OC)c1[N+](=O)[O-]. The van der Waals surface area contributed by atoms with Gasteiger partial charge >= 0.3 is 11.7 Å². The van der Waals surface area contributed by atoms with E-state index < -0.39 is 22.1 Å². The van der Waals surface area contributed by atoms with Crippen molar-refractivity contribution in [2.24, 2.45) is 0 Å². The van der Waals surface area contributed by atoms with Crippen molar-refractivity contribution in [1.82, 2.24) is 0 Å². The van der Waals surface area contributed by atoms with Gasteiger partial charge in [-0.15, -0.1) is 0 Å². The van der Waals surface area contributed by atoms with E-state index in [0.717, 1.165) is 6.07 Å². The van der Waals surface area contributed by atoms with Crippen molar-refractivity contribution >= 4 is 11.7 Å². The van der Waals surface area contributed by atoms with Crippen LogP contribution in [0.5, 0.6) is 28.7 Å². The summed E-state index contributed by atoms with van der Waals surface area (Å²) in [6.07, 6.45) is 0. The number of methoxy groups -OCH3 is 4. The van der Waals surface area contributed by atoms with Gasteiger partial charge in [0.2, 0.25) is 11.5 Å². The zero-order chi connectivity index (χ0) is 20.8. The fraction of sp³-hybridized carbons (Fsp3) is 0.222. The number of hydrogen-bond donors (Lipinski definition) is 0. The first-order valence-electron chi connectivity index (χ1n) is 7.69. The Labute approximate surface area is 159 Å². The van der Waals surface area contributed by atoms with E-state index in [0.29, 0.717) is 0 Å². The van der Waals surface area contributed by atoms with Crippen molar-refractivity contribution in [2.75, 3.05) is 28.4 Å². The van der Waals surface area contributed by atoms with Crippen LogP contribution in [0.25, 0.3) is 0 Å². The summed E-state index contributed by atoms with van der Waals surface area (Å²) in [4.78, 5) is 23.5. The van der Waals surface area contributed by atoms with Gasteiger partial charge in [-0.3, -0.25) is 10.1 Å². The summed E-state index contributed by atoms with van der Waals surface area (Å²) >= 11 is 0. The van der Waals surface area contributed by atoms with Gasteiger partial charge in [0, 0.05) is 12.1 Å². The second kappa shape index (κ2) is 8.59. The minimum absolute atomic E-state index is 0.0189. The van der Waals surface area contributed by atoms with Crippen molar-refractivity contribution < 1.29 is 33.4 Å². The van der Waals surface area contributed by atoms with E-state index in [2.05, 4.69) is 0 Å². The second-order valence-corrected chi connectivity index (χ2v) is 5.17. The quantitative estimate of drug-likeness (QED) is 0.304. The molecule has 0 saturated carbocycles. The van der Waals surface area contributed by atoms with Gasteiger partial charge in [-0.2, -0.15) is 5.26 Å². The molecule has 0 saturated heterocycles. The molecule has 10 heteroatoms. The molecule has 2 rings (SSSR count). The van der Waals surface area contributed by atoms with Crippen LogP contribution in [0.3, 0.4) is 0 Å². The average molecular weight is 388 g/mol. The predicted molar refractivity (Wildman–Crippen MR) is 95.4 cm³/mol. The number of nitro benzene ring substituents is 1. The van der Waals surface area contributed by atoms with E-state index in [1.165, 1.54) is 46.6 Å². The summed E-state index contributed by atoms with van der Waals surface area (Å²) in [6.45, 7) is 0. The standard InChI is InChI=1S/C18H16N2O8/c1-24-13-7-10(9-19)5-6-12(13)28-18(21)11-8-14(25-2)16(26-3)17(27-4)15(11)20(22)23/h5-8H,1-4H3. The van der Waals surface area contributed by atoms with Gasteiger partial charge in [0.15, 0.2) is 17.2 Å². The van der Waals surface area contributed by atoms with Crippen molar-refractivity contribution in [1.29, 1.82) is 5.26 Å². The fourth-order valence-corrected chi connectivity index (χ4v) is 2.45. The van der Waals surface area contributed by atoms with Crippen LogP contribution in [0.1, 0.15) is 15.9 Å². The first-order valence-corrected chi connectivity index (χ1v) is 7.69. The molecule has 2 aromatic carbocycles. The van der Waals surface area contributed by atoms with Crippen molar-refractivity contribution in [3.8, 4) is 34.8 Å². The van der Waals surface area contributed by atoms with Crippen LogP contribution in [-0.4, -0.2) is 39.3 Å². The first kappa shape index (κ1) is 20.3. The number of benzene rings is 2. The molecular weight excluding hydrogens is 372 g/mol. The number of nitro groups is 1. The van der Waals surface area contributed by atoms with Gasteiger partial charge in [0.05, 0.1) is 45.0 Å². The summed E-state index contributed by atoms with van der Waals surface area (Å²) in [7, 11) is 5.12. The van der Waals surface area contributed by atoms with Crippen molar-refractivity contribution in [2.45, 2.75) is 0 Å². The van der Waals surface area contributed by atoms with Crippen LogP contribution >= 0.6 is 0 Å². The molecule has 0 aromatic heterocycles. The smallest absolute Gasteiger partial charge is 0.351 e. The third-order valence-corrected chi connectivity index (χ3v) is 3.70. The lowest BCUT2D eigenvalue weighted by molar-refractivity contribution is -0.386. The summed E-state index contributed by atoms with van der Waals surface area (Å²) in [6, 6.07) is 7.17. The van der Waals surface area contributed by atoms with Gasteiger partial charge < -0.3 is 23.7 Å². The molecule has 0 spiro atoms. The second-order valence-electron chi connectivity index (χ2n) is 5.17. The van der Waals surface area contributed by atoms with Crippen molar-refractivity contribution in [3.05, 3.63) is 45.5 Å². The summed E-state index contributed by atoms with van der Waals surface area (Å²) in [5, 5.41) is 20.5. The van der Waals surface area contributed by atoms with Gasteiger partial charge in [0.25, 0.3) is 0 Å². The Hall–Kier alpha value is -4.00. The lowest BCUT2D eigenvalue weighted by Gasteiger charge is -2.15. The number of rotatable bonds is 7. The van der Waals surface area contributed by atoms with Gasteiger partial charge in [-0.1, -0.05) is 0 Å². The summed E-state index contributed by atoms with van der Waals surface area (Å²) in [5.41, 5.74) is -0.765. The Morgan fingerprint density at radius 3 is 2.11 bits per heavy atom. The highest BCUT2D eigenvalue weighted by molar-refractivity contribution is 5.98. The number of esters is 1. The molecule has 28 heavy (non-hydrogen) atoms. The third kappa shape index (κ3) is 3.73. The first-order chi connectivity index (χ1) is 13.4. The third-order valence-electron chi connectivity index (χ3n) is 3.70. The highest BCUT2D eigenvalue weighted by atomic mass is 16.6. The number of carbonyl (C=O) groups excluding carboxylic acids is 1. The summed E-state index contributed by atoms with van der Waals surface area (Å²) in [5.74, 6) is -1.23. The number of hydrogen-bond acceptors (Lipinski definition) is 9. The number of nitriles is 1. The topological polar surface area (TPSA) is 130 Å². The molecule has 0 aliphatic carbocycles. The molecule has 10 nitrogen and oxygen atoms in total. The maximum Gasteiger partial charge on any atom is 0.351 e. The molecule has 0 aliphatic heterocycles. The molecule has 0 atom stereocenters. The van der Waals surface area contributed by atoms with E-state index >= 15 is 0 Å². The van der Waals surface area contributed by atoms with Crippen LogP contribution < -0.4 is 23.7 Å². The predicted octanol–water partition coefficient (Wildman–Crippen LogP) is 2.72. The lowest BCUT2D eigenvalue weighted by atomic mass is 10.1. The number of ether oxygens (including phenoxy) is 5. The Bertz CT molecular complexity index is 965. The molecular formula is C18H16N2O8. The molecule has 0 N–H and O–H groups in total.